The van der Waals surface area contributed by atoms with Gasteiger partial charge in [0.25, 0.3) is 0 Å². The van der Waals surface area contributed by atoms with Crippen LogP contribution in [-0.2, 0) is 4.74 Å². The lowest BCUT2D eigenvalue weighted by molar-refractivity contribution is -0.0924. The molecular formula is C12H17NOS. The highest BCUT2D eigenvalue weighted by atomic mass is 32.2. The summed E-state index contributed by atoms with van der Waals surface area (Å²) in [6.45, 7) is 5.00. The molecule has 0 saturated carbocycles. The zero-order chi connectivity index (χ0) is 10.7. The summed E-state index contributed by atoms with van der Waals surface area (Å²) in [6.07, 6.45) is 2.11. The van der Waals surface area contributed by atoms with E-state index in [1.807, 2.05) is 0 Å². The molecular weight excluding hydrogens is 206 g/mol. The Labute approximate surface area is 95.4 Å². The third kappa shape index (κ3) is 2.47. The first-order valence-electron chi connectivity index (χ1n) is 5.18. The highest BCUT2D eigenvalue weighted by Crippen LogP contribution is 2.29. The maximum absolute atomic E-state index is 5.24. The van der Waals surface area contributed by atoms with Crippen molar-refractivity contribution in [3.63, 3.8) is 0 Å². The summed E-state index contributed by atoms with van der Waals surface area (Å²) < 4.78 is 5.24. The molecule has 1 saturated heterocycles. The van der Waals surface area contributed by atoms with Gasteiger partial charge in [0.05, 0.1) is 13.2 Å². The Kier molecular flexibility index (Phi) is 3.22. The van der Waals surface area contributed by atoms with Gasteiger partial charge >= 0.3 is 0 Å². The molecule has 0 spiro atoms. The van der Waals surface area contributed by atoms with Crippen LogP contribution in [-0.4, -0.2) is 26.0 Å². The summed E-state index contributed by atoms with van der Waals surface area (Å²) in [5.74, 6) is 0. The van der Waals surface area contributed by atoms with Crippen LogP contribution in [0.4, 0.5) is 5.69 Å². The van der Waals surface area contributed by atoms with Crippen molar-refractivity contribution in [1.29, 1.82) is 0 Å². The number of hydrogen-bond donors (Lipinski definition) is 1. The van der Waals surface area contributed by atoms with E-state index in [1.54, 1.807) is 11.8 Å². The Morgan fingerprint density at radius 2 is 2.13 bits per heavy atom. The van der Waals surface area contributed by atoms with Gasteiger partial charge in [-0.2, -0.15) is 0 Å². The Morgan fingerprint density at radius 3 is 2.73 bits per heavy atom. The fourth-order valence-electron chi connectivity index (χ4n) is 1.65. The highest BCUT2D eigenvalue weighted by Gasteiger charge is 2.32. The molecule has 0 atom stereocenters. The smallest absolute Gasteiger partial charge is 0.0559 e. The van der Waals surface area contributed by atoms with Crippen molar-refractivity contribution in [2.24, 2.45) is 5.41 Å². The van der Waals surface area contributed by atoms with E-state index in [1.165, 1.54) is 10.6 Å². The van der Waals surface area contributed by atoms with Gasteiger partial charge in [0.2, 0.25) is 0 Å². The average Bonchev–Trinajstić information content (AvgIpc) is 2.24. The molecule has 0 bridgehead atoms. The topological polar surface area (TPSA) is 21.3 Å². The van der Waals surface area contributed by atoms with Crippen LogP contribution < -0.4 is 5.32 Å². The van der Waals surface area contributed by atoms with Crippen LogP contribution in [0.25, 0.3) is 0 Å². The summed E-state index contributed by atoms with van der Waals surface area (Å²) in [4.78, 5) is 1.31. The number of para-hydroxylation sites is 1. The predicted octanol–water partition coefficient (Wildman–Crippen LogP) is 2.86. The van der Waals surface area contributed by atoms with Gasteiger partial charge in [-0.05, 0) is 18.4 Å². The van der Waals surface area contributed by atoms with Gasteiger partial charge in [-0.1, -0.05) is 19.1 Å². The lowest BCUT2D eigenvalue weighted by Gasteiger charge is -2.38. The highest BCUT2D eigenvalue weighted by molar-refractivity contribution is 7.98. The van der Waals surface area contributed by atoms with Gasteiger partial charge in [-0.25, -0.2) is 0 Å². The molecule has 15 heavy (non-hydrogen) atoms. The summed E-state index contributed by atoms with van der Waals surface area (Å²) in [6, 6.07) is 8.42. The van der Waals surface area contributed by atoms with Gasteiger partial charge < -0.3 is 10.1 Å². The minimum absolute atomic E-state index is 0.325. The predicted molar refractivity (Wildman–Crippen MR) is 65.6 cm³/mol. The molecule has 1 N–H and O–H groups in total. The van der Waals surface area contributed by atoms with Crippen molar-refractivity contribution in [3.8, 4) is 0 Å². The van der Waals surface area contributed by atoms with E-state index in [-0.39, 0.29) is 0 Å². The Bertz CT molecular complexity index is 336. The maximum atomic E-state index is 5.24. The number of benzene rings is 1. The normalized spacial score (nSPS) is 18.3. The third-order valence-electron chi connectivity index (χ3n) is 2.71. The van der Waals surface area contributed by atoms with Crippen LogP contribution in [0.2, 0.25) is 0 Å². The van der Waals surface area contributed by atoms with E-state index >= 15 is 0 Å². The molecule has 3 heteroatoms. The number of rotatable bonds is 4. The molecule has 0 amide bonds. The summed E-state index contributed by atoms with van der Waals surface area (Å²) in [7, 11) is 0. The molecule has 1 aromatic carbocycles. The van der Waals surface area contributed by atoms with Crippen molar-refractivity contribution in [3.05, 3.63) is 24.3 Å². The van der Waals surface area contributed by atoms with E-state index in [0.717, 1.165) is 19.8 Å². The van der Waals surface area contributed by atoms with E-state index in [0.29, 0.717) is 5.41 Å². The van der Waals surface area contributed by atoms with E-state index in [9.17, 15) is 0 Å². The van der Waals surface area contributed by atoms with Crippen LogP contribution in [0.5, 0.6) is 0 Å². The Morgan fingerprint density at radius 1 is 1.40 bits per heavy atom. The van der Waals surface area contributed by atoms with E-state index < -0.39 is 0 Å². The number of thioether (sulfide) groups is 1. The second-order valence-corrected chi connectivity index (χ2v) is 5.21. The summed E-state index contributed by atoms with van der Waals surface area (Å²) >= 11 is 1.78. The fraction of sp³-hybridized carbons (Fsp3) is 0.500. The molecule has 0 aromatic heterocycles. The Hall–Kier alpha value is -0.670. The SMILES string of the molecule is CSc1ccccc1NCC1(C)COC1. The zero-order valence-electron chi connectivity index (χ0n) is 9.25. The van der Waals surface area contributed by atoms with Gasteiger partial charge in [-0.15, -0.1) is 11.8 Å². The molecule has 82 valence electrons. The van der Waals surface area contributed by atoms with Crippen LogP contribution >= 0.6 is 11.8 Å². The molecule has 1 aliphatic rings. The molecule has 1 fully saturated rings. The summed E-state index contributed by atoms with van der Waals surface area (Å²) in [5, 5.41) is 3.51. The fourth-order valence-corrected chi connectivity index (χ4v) is 2.23. The summed E-state index contributed by atoms with van der Waals surface area (Å²) in [5.41, 5.74) is 1.56. The molecule has 0 radical (unpaired) electrons. The molecule has 0 unspecified atom stereocenters. The molecule has 0 aliphatic carbocycles. The first-order chi connectivity index (χ1) is 7.23. The van der Waals surface area contributed by atoms with E-state index in [4.69, 9.17) is 4.74 Å². The number of nitrogens with one attached hydrogen (secondary N) is 1. The minimum Gasteiger partial charge on any atom is -0.383 e. The van der Waals surface area contributed by atoms with Crippen molar-refractivity contribution in [1.82, 2.24) is 0 Å². The zero-order valence-corrected chi connectivity index (χ0v) is 10.1. The van der Waals surface area contributed by atoms with Gasteiger partial charge in [0, 0.05) is 22.5 Å². The van der Waals surface area contributed by atoms with Gasteiger partial charge in [0.15, 0.2) is 0 Å². The number of ether oxygens (including phenoxy) is 1. The average molecular weight is 223 g/mol. The van der Waals surface area contributed by atoms with Crippen molar-refractivity contribution >= 4 is 17.4 Å². The Balaban J connectivity index is 1.98. The first-order valence-corrected chi connectivity index (χ1v) is 6.41. The minimum atomic E-state index is 0.325. The molecule has 1 aliphatic heterocycles. The van der Waals surface area contributed by atoms with E-state index in [2.05, 4.69) is 42.8 Å². The lowest BCUT2D eigenvalue weighted by atomic mass is 9.89. The third-order valence-corrected chi connectivity index (χ3v) is 3.51. The van der Waals surface area contributed by atoms with Crippen LogP contribution in [0.15, 0.2) is 29.2 Å². The lowest BCUT2D eigenvalue weighted by Crippen LogP contribution is -2.45. The largest absolute Gasteiger partial charge is 0.383 e. The van der Waals surface area contributed by atoms with Gasteiger partial charge in [0.1, 0.15) is 0 Å². The van der Waals surface area contributed by atoms with Crippen LogP contribution in [0.3, 0.4) is 0 Å². The quantitative estimate of drug-likeness (QED) is 0.793. The molecule has 1 aromatic rings. The van der Waals surface area contributed by atoms with Crippen molar-refractivity contribution < 1.29 is 4.74 Å². The van der Waals surface area contributed by atoms with Gasteiger partial charge in [-0.3, -0.25) is 0 Å². The second-order valence-electron chi connectivity index (χ2n) is 4.36. The maximum Gasteiger partial charge on any atom is 0.0559 e. The molecule has 2 rings (SSSR count). The molecule has 2 nitrogen and oxygen atoms in total. The number of hydrogen-bond acceptors (Lipinski definition) is 3. The van der Waals surface area contributed by atoms with Crippen LogP contribution in [0.1, 0.15) is 6.92 Å². The second kappa shape index (κ2) is 4.45. The number of anilines is 1. The molecule has 1 heterocycles. The van der Waals surface area contributed by atoms with Crippen molar-refractivity contribution in [2.45, 2.75) is 11.8 Å². The first kappa shape index (κ1) is 10.8. The monoisotopic (exact) mass is 223 g/mol. The van der Waals surface area contributed by atoms with Crippen LogP contribution in [0, 0.1) is 5.41 Å². The van der Waals surface area contributed by atoms with Crippen molar-refractivity contribution in [2.75, 3.05) is 31.3 Å². The standard InChI is InChI=1S/C12H17NOS/c1-12(8-14-9-12)7-13-10-5-3-4-6-11(10)15-2/h3-6,13H,7-9H2,1-2H3.